The van der Waals surface area contributed by atoms with Crippen molar-refractivity contribution in [1.29, 1.82) is 0 Å². The Kier molecular flexibility index (Phi) is 28.1. The van der Waals surface area contributed by atoms with Crippen molar-refractivity contribution in [2.24, 2.45) is 5.73 Å². The van der Waals surface area contributed by atoms with Gasteiger partial charge in [0.2, 0.25) is 41.3 Å². The van der Waals surface area contributed by atoms with Crippen LogP contribution in [0.25, 0.3) is 0 Å². The number of hydrogen-bond acceptors (Lipinski definition) is 15. The van der Waals surface area contributed by atoms with Crippen LogP contribution in [0.1, 0.15) is 101 Å². The van der Waals surface area contributed by atoms with Crippen LogP contribution >= 0.6 is 0 Å². The maximum absolute atomic E-state index is 13.6. The minimum Gasteiger partial charge on any atom is -0.480 e. The van der Waals surface area contributed by atoms with Crippen molar-refractivity contribution in [3.63, 3.8) is 0 Å². The van der Waals surface area contributed by atoms with E-state index >= 15 is 0 Å². The van der Waals surface area contributed by atoms with Crippen LogP contribution in [0.15, 0.2) is 217 Å². The lowest BCUT2D eigenvalue weighted by atomic mass is 9.83. The molecule has 3 aliphatic rings. The number of nitrogens with two attached hydrogens (primary N) is 1. The molecule has 0 aliphatic heterocycles. The van der Waals surface area contributed by atoms with Gasteiger partial charge in [-0.1, -0.05) is 97.1 Å². The molecule has 0 fully saturated rings. The van der Waals surface area contributed by atoms with Crippen LogP contribution in [0.2, 0.25) is 0 Å². The number of carboxylic acids is 1. The molecule has 26 heteroatoms. The molecule has 0 spiro atoms. The van der Waals surface area contributed by atoms with Crippen LogP contribution < -0.4 is 21.7 Å². The van der Waals surface area contributed by atoms with Gasteiger partial charge in [0.15, 0.2) is 0 Å². The van der Waals surface area contributed by atoms with Gasteiger partial charge in [-0.3, -0.25) is 14.4 Å². The molecule has 0 aromatic heterocycles. The average molecular weight is 1460 g/mol. The summed E-state index contributed by atoms with van der Waals surface area (Å²) < 4.78 is 127. The zero-order valence-corrected chi connectivity index (χ0v) is 59.2. The Balaban J connectivity index is 0.000000180. The number of ether oxygens (including phenoxy) is 2. The van der Waals surface area contributed by atoms with Crippen LogP contribution in [0, 0.1) is 17.5 Å². The Morgan fingerprint density at radius 1 is 0.461 bits per heavy atom. The minimum absolute atomic E-state index is 0.0152. The molecule has 0 bridgehead atoms. The molecule has 0 saturated carbocycles. The predicted octanol–water partition coefficient (Wildman–Crippen LogP) is 11.3. The van der Waals surface area contributed by atoms with Gasteiger partial charge >= 0.3 is 18.2 Å². The van der Waals surface area contributed by atoms with Gasteiger partial charge in [-0.2, -0.15) is 0 Å². The second kappa shape index (κ2) is 36.7. The SMILES string of the molecule is CN(CC(=O)NC[C@@H]1CCCc2cc(S(=O)(=O)c3cccc(F)c3)ccc21)C(=O)OCc1ccccc1.CN(CC(=O)O)C(=O)OCc1ccccc1.CNCC(=O)NC[C@@H]1CCCc2cc(S(=O)(=O)c3cccc(F)c3)ccc21.NC[C@@H]1CCCc2cc(S(=O)(=O)c3cccc(F)c3)ccc21. The molecular formula is C76H83F3N6O14S3. The quantitative estimate of drug-likeness (QED) is 0.0447. The van der Waals surface area contributed by atoms with Gasteiger partial charge < -0.3 is 46.1 Å². The Labute approximate surface area is 593 Å². The molecule has 102 heavy (non-hydrogen) atoms. The first-order valence-corrected chi connectivity index (χ1v) is 37.6. The van der Waals surface area contributed by atoms with Gasteiger partial charge in [0.05, 0.1) is 35.9 Å². The van der Waals surface area contributed by atoms with Gasteiger partial charge in [-0.25, -0.2) is 48.0 Å². The zero-order chi connectivity index (χ0) is 73.6. The van der Waals surface area contributed by atoms with Crippen molar-refractivity contribution < 1.29 is 77.0 Å². The number of carbonyl (C=O) groups excluding carboxylic acids is 4. The largest absolute Gasteiger partial charge is 0.480 e. The number of nitrogens with one attached hydrogen (secondary N) is 3. The van der Waals surface area contributed by atoms with Gasteiger partial charge in [0, 0.05) is 39.0 Å². The number of rotatable bonds is 21. The summed E-state index contributed by atoms with van der Waals surface area (Å²) in [7, 11) is -6.70. The standard InChI is InChI=1S/C28H29FN2O5S.C20H23FN2O3S.C17H18FNO2S.C11H13NO4/c1-31(28(33)36-19-20-7-3-2-4-8-20)18-27(32)30-17-22-10-5-9-21-15-25(13-14-26(21)22)37(34,35)24-12-6-11-23(29)16-24;1-22-13-20(24)23-12-15-5-2-4-14-10-18(8-9-19(14)15)27(25,26)17-7-3-6-16(21)11-17;18-14-5-2-6-15(10-14)22(20,21)16-7-8-17-12(9-16)3-1-4-13(17)11-19;1-12(7-10(13)14)11(15)16-8-9-5-3-2-4-6-9/h2-4,6-8,11-16,22H,5,9-10,17-19H2,1H3,(H,30,32);3,6-11,15,22H,2,4-5,12-13H2,1H3,(H,23,24);2,5-10,13H,1,3-4,11,19H2;2-6H,7-8H2,1H3,(H,13,14)/t22-;15-;13-;/m000./s1. The smallest absolute Gasteiger partial charge is 0.410 e. The number of hydrogen-bond donors (Lipinski definition) is 5. The average Bonchev–Trinajstić information content (AvgIpc) is 0.792. The molecular weight excluding hydrogens is 1370 g/mol. The normalized spacial score (nSPS) is 15.2. The molecule has 0 radical (unpaired) electrons. The van der Waals surface area contributed by atoms with E-state index in [2.05, 4.69) is 16.0 Å². The zero-order valence-electron chi connectivity index (χ0n) is 56.7. The number of nitrogens with zero attached hydrogens (tertiary/aromatic N) is 2. The highest BCUT2D eigenvalue weighted by Crippen LogP contribution is 2.37. The first kappa shape index (κ1) is 78.0. The number of halogens is 3. The van der Waals surface area contributed by atoms with Crippen molar-refractivity contribution in [2.45, 2.75) is 118 Å². The summed E-state index contributed by atoms with van der Waals surface area (Å²) in [5.74, 6) is -2.69. The lowest BCUT2D eigenvalue weighted by Gasteiger charge is -2.26. The van der Waals surface area contributed by atoms with E-state index in [0.29, 0.717) is 25.6 Å². The summed E-state index contributed by atoms with van der Waals surface area (Å²) in [6.07, 6.45) is 6.77. The number of sulfone groups is 3. The van der Waals surface area contributed by atoms with Gasteiger partial charge in [-0.05, 0) is 213 Å². The Morgan fingerprint density at radius 2 is 0.804 bits per heavy atom. The van der Waals surface area contributed by atoms with E-state index in [9.17, 15) is 62.4 Å². The van der Waals surface area contributed by atoms with E-state index < -0.39 is 65.1 Å². The Bertz CT molecular complexity index is 4600. The summed E-state index contributed by atoms with van der Waals surface area (Å²) in [5, 5.41) is 17.1. The number of benzene rings is 8. The Morgan fingerprint density at radius 3 is 1.16 bits per heavy atom. The highest BCUT2D eigenvalue weighted by molar-refractivity contribution is 7.92. The van der Waals surface area contributed by atoms with Gasteiger partial charge in [0.1, 0.15) is 43.8 Å². The van der Waals surface area contributed by atoms with Gasteiger partial charge in [-0.15, -0.1) is 0 Å². The highest BCUT2D eigenvalue weighted by Gasteiger charge is 2.29. The molecule has 0 saturated heterocycles. The third kappa shape index (κ3) is 21.7. The number of amides is 4. The molecule has 3 aliphatic carbocycles. The summed E-state index contributed by atoms with van der Waals surface area (Å²) in [6, 6.07) is 48.9. The fraction of sp³-hybridized carbons (Fsp3) is 0.303. The second-order valence-electron chi connectivity index (χ2n) is 24.8. The van der Waals surface area contributed by atoms with E-state index in [4.69, 9.17) is 20.3 Å². The fourth-order valence-corrected chi connectivity index (χ4v) is 16.1. The third-order valence-corrected chi connectivity index (χ3v) is 22.7. The van der Waals surface area contributed by atoms with Crippen molar-refractivity contribution >= 4 is 59.5 Å². The first-order valence-electron chi connectivity index (χ1n) is 33.1. The van der Waals surface area contributed by atoms with E-state index in [1.54, 1.807) is 43.4 Å². The summed E-state index contributed by atoms with van der Waals surface area (Å²) in [6.45, 7) is 1.50. The van der Waals surface area contributed by atoms with Crippen molar-refractivity contribution in [3.8, 4) is 0 Å². The monoisotopic (exact) mass is 1460 g/mol. The number of aliphatic carboxylic acids is 1. The molecule has 3 atom stereocenters. The molecule has 540 valence electrons. The molecule has 6 N–H and O–H groups in total. The van der Waals surface area contributed by atoms with E-state index in [1.807, 2.05) is 72.8 Å². The molecule has 0 heterocycles. The van der Waals surface area contributed by atoms with Crippen LogP contribution in [0.4, 0.5) is 22.8 Å². The van der Waals surface area contributed by atoms with E-state index in [0.717, 1.165) is 125 Å². The fourth-order valence-electron chi connectivity index (χ4n) is 12.1. The lowest BCUT2D eigenvalue weighted by Crippen LogP contribution is -2.40. The number of carbonyl (C=O) groups is 5. The first-order chi connectivity index (χ1) is 48.8. The van der Waals surface area contributed by atoms with Crippen LogP contribution in [0.3, 0.4) is 0 Å². The van der Waals surface area contributed by atoms with Crippen LogP contribution in [-0.4, -0.2) is 131 Å². The highest BCUT2D eigenvalue weighted by atomic mass is 32.2. The molecule has 20 nitrogen and oxygen atoms in total. The molecule has 8 aromatic rings. The number of aryl methyl sites for hydroxylation is 3. The maximum Gasteiger partial charge on any atom is 0.410 e. The number of carboxylic acid groups (broad SMARTS) is 1. The lowest BCUT2D eigenvalue weighted by molar-refractivity contribution is -0.137. The minimum atomic E-state index is -3.84. The Hall–Kier alpha value is -9.73. The molecule has 11 rings (SSSR count). The third-order valence-electron chi connectivity index (χ3n) is 17.4. The summed E-state index contributed by atoms with van der Waals surface area (Å²) in [4.78, 5) is 60.6. The second-order valence-corrected chi connectivity index (χ2v) is 30.6. The van der Waals surface area contributed by atoms with Crippen molar-refractivity contribution in [2.75, 3.05) is 60.4 Å². The maximum atomic E-state index is 13.6. The van der Waals surface area contributed by atoms with E-state index in [1.165, 1.54) is 79.7 Å². The summed E-state index contributed by atoms with van der Waals surface area (Å²) in [5.41, 5.74) is 13.6. The van der Waals surface area contributed by atoms with Crippen molar-refractivity contribution in [3.05, 3.63) is 250 Å². The van der Waals surface area contributed by atoms with Crippen LogP contribution in [0.5, 0.6) is 0 Å². The van der Waals surface area contributed by atoms with Gasteiger partial charge in [0.25, 0.3) is 0 Å². The molecule has 0 unspecified atom stereocenters. The number of likely N-dealkylation sites (N-methyl/N-ethyl adjacent to an activating group) is 3. The molecule has 4 amide bonds. The number of fused-ring (bicyclic) bond motifs is 3. The topological polar surface area (TPSA) is 295 Å². The van der Waals surface area contributed by atoms with Crippen molar-refractivity contribution in [1.82, 2.24) is 25.8 Å². The summed E-state index contributed by atoms with van der Waals surface area (Å²) >= 11 is 0. The predicted molar refractivity (Wildman–Crippen MR) is 377 cm³/mol. The molecule has 8 aromatic carbocycles. The van der Waals surface area contributed by atoms with E-state index in [-0.39, 0.29) is 85.9 Å². The van der Waals surface area contributed by atoms with Crippen LogP contribution in [-0.2, 0) is 85.8 Å².